The van der Waals surface area contributed by atoms with E-state index < -0.39 is 0 Å². The predicted molar refractivity (Wildman–Crippen MR) is 103 cm³/mol. The maximum Gasteiger partial charge on any atom is 0.0187 e. The fourth-order valence-electron chi connectivity index (χ4n) is 2.94. The van der Waals surface area contributed by atoms with E-state index in [1.54, 1.807) is 10.5 Å². The van der Waals surface area contributed by atoms with E-state index in [0.29, 0.717) is 0 Å². The molecule has 1 rings (SSSR count). The third kappa shape index (κ3) is 7.69. The first-order valence-corrected chi connectivity index (χ1v) is 10.1. The second kappa shape index (κ2) is 12.0. The van der Waals surface area contributed by atoms with Gasteiger partial charge in [-0.2, -0.15) is 0 Å². The molecule has 0 spiro atoms. The normalized spacial score (nSPS) is 20.1. The van der Waals surface area contributed by atoms with E-state index in [0.717, 1.165) is 24.8 Å². The number of rotatable bonds is 11. The van der Waals surface area contributed by atoms with Crippen LogP contribution in [0.4, 0.5) is 0 Å². The van der Waals surface area contributed by atoms with Crippen molar-refractivity contribution < 1.29 is 0 Å². The molecule has 0 fully saturated rings. The maximum absolute atomic E-state index is 5.64. The van der Waals surface area contributed by atoms with Crippen molar-refractivity contribution in [2.24, 2.45) is 17.6 Å². The van der Waals surface area contributed by atoms with Gasteiger partial charge in [-0.05, 0) is 61.8 Å². The Kier molecular flexibility index (Phi) is 10.7. The molecule has 22 heavy (non-hydrogen) atoms. The van der Waals surface area contributed by atoms with Crippen LogP contribution in [0.1, 0.15) is 65.7 Å². The van der Waals surface area contributed by atoms with Gasteiger partial charge in [-0.25, -0.2) is 0 Å². The van der Waals surface area contributed by atoms with E-state index in [1.165, 1.54) is 44.3 Å². The number of nitrogens with two attached hydrogens (primary N) is 1. The van der Waals surface area contributed by atoms with Gasteiger partial charge in [0, 0.05) is 5.75 Å². The molecule has 0 aromatic rings. The molecule has 0 amide bonds. The highest BCUT2D eigenvalue weighted by Gasteiger charge is 2.18. The van der Waals surface area contributed by atoms with Crippen LogP contribution in [0, 0.1) is 11.8 Å². The van der Waals surface area contributed by atoms with Gasteiger partial charge in [0.25, 0.3) is 0 Å². The Balaban J connectivity index is 2.50. The topological polar surface area (TPSA) is 26.0 Å². The van der Waals surface area contributed by atoms with Crippen LogP contribution in [-0.2, 0) is 0 Å². The zero-order chi connectivity index (χ0) is 16.2. The van der Waals surface area contributed by atoms with Gasteiger partial charge in [0.15, 0.2) is 0 Å². The molecule has 1 nitrogen and oxygen atoms in total. The first-order chi connectivity index (χ1) is 10.7. The summed E-state index contributed by atoms with van der Waals surface area (Å²) in [5.74, 6) is 2.68. The average molecular weight is 322 g/mol. The molecular formula is C20H35NS. The summed E-state index contributed by atoms with van der Waals surface area (Å²) < 4.78 is 0. The van der Waals surface area contributed by atoms with Crippen LogP contribution in [0.25, 0.3) is 0 Å². The number of unbranched alkanes of at least 4 members (excludes halogenated alkanes) is 1. The minimum atomic E-state index is 0.729. The first kappa shape index (κ1) is 19.6. The molecule has 2 N–H and O–H groups in total. The SMILES string of the molecule is CCC/C=C(\CC)CSC1=CC=CCC1CC(C)CCCN. The molecule has 126 valence electrons. The second-order valence-electron chi connectivity index (χ2n) is 6.49. The van der Waals surface area contributed by atoms with Gasteiger partial charge in [-0.3, -0.25) is 0 Å². The van der Waals surface area contributed by atoms with Crippen molar-refractivity contribution >= 4 is 11.8 Å². The van der Waals surface area contributed by atoms with Crippen molar-refractivity contribution in [1.29, 1.82) is 0 Å². The summed E-state index contributed by atoms with van der Waals surface area (Å²) in [6.45, 7) is 7.75. The molecule has 0 heterocycles. The Bertz CT molecular complexity index is 381. The minimum absolute atomic E-state index is 0.729. The third-order valence-corrected chi connectivity index (χ3v) is 5.73. The lowest BCUT2D eigenvalue weighted by molar-refractivity contribution is 0.410. The standard InChI is InChI=1S/C20H35NS/c1-4-6-11-18(5-2)16-22-20-13-8-7-12-19(20)15-17(3)10-9-14-21/h7-8,11,13,17,19H,4-6,9-10,12,14-16,21H2,1-3H3/b18-11+. The van der Waals surface area contributed by atoms with E-state index in [1.807, 2.05) is 0 Å². The molecule has 0 radical (unpaired) electrons. The van der Waals surface area contributed by atoms with Crippen LogP contribution in [0.3, 0.4) is 0 Å². The zero-order valence-electron chi connectivity index (χ0n) is 14.8. The Hall–Kier alpha value is -0.470. The summed E-state index contributed by atoms with van der Waals surface area (Å²) in [6.07, 6.45) is 18.0. The van der Waals surface area contributed by atoms with Crippen molar-refractivity contribution in [2.75, 3.05) is 12.3 Å². The quantitative estimate of drug-likeness (QED) is 0.467. The Morgan fingerprint density at radius 2 is 2.27 bits per heavy atom. The molecule has 2 unspecified atom stereocenters. The predicted octanol–water partition coefficient (Wildman–Crippen LogP) is 6.08. The Labute approximate surface area is 142 Å². The highest BCUT2D eigenvalue weighted by molar-refractivity contribution is 8.03. The summed E-state index contributed by atoms with van der Waals surface area (Å²) in [4.78, 5) is 1.60. The number of allylic oxidation sites excluding steroid dienone is 5. The smallest absolute Gasteiger partial charge is 0.0187 e. The minimum Gasteiger partial charge on any atom is -0.330 e. The van der Waals surface area contributed by atoms with Crippen LogP contribution in [-0.4, -0.2) is 12.3 Å². The van der Waals surface area contributed by atoms with Gasteiger partial charge < -0.3 is 5.73 Å². The Morgan fingerprint density at radius 1 is 1.45 bits per heavy atom. The molecule has 0 aromatic carbocycles. The number of hydrogen-bond acceptors (Lipinski definition) is 2. The zero-order valence-corrected chi connectivity index (χ0v) is 15.6. The van der Waals surface area contributed by atoms with Crippen molar-refractivity contribution in [1.82, 2.24) is 0 Å². The fourth-order valence-corrected chi connectivity index (χ4v) is 4.21. The molecule has 2 atom stereocenters. The van der Waals surface area contributed by atoms with Crippen molar-refractivity contribution in [3.63, 3.8) is 0 Å². The van der Waals surface area contributed by atoms with E-state index in [-0.39, 0.29) is 0 Å². The monoisotopic (exact) mass is 321 g/mol. The molecule has 1 aliphatic rings. The summed E-state index contributed by atoms with van der Waals surface area (Å²) in [6, 6.07) is 0. The summed E-state index contributed by atoms with van der Waals surface area (Å²) in [5, 5.41) is 0. The van der Waals surface area contributed by atoms with Gasteiger partial charge in [0.1, 0.15) is 0 Å². The maximum atomic E-state index is 5.64. The number of hydrogen-bond donors (Lipinski definition) is 1. The molecule has 2 heteroatoms. The van der Waals surface area contributed by atoms with Gasteiger partial charge in [-0.1, -0.05) is 57.1 Å². The number of thioether (sulfide) groups is 1. The molecule has 1 aliphatic carbocycles. The van der Waals surface area contributed by atoms with Crippen LogP contribution in [0.5, 0.6) is 0 Å². The highest BCUT2D eigenvalue weighted by atomic mass is 32.2. The van der Waals surface area contributed by atoms with Gasteiger partial charge >= 0.3 is 0 Å². The lowest BCUT2D eigenvalue weighted by atomic mass is 9.88. The fraction of sp³-hybridized carbons (Fsp3) is 0.700. The molecule has 0 aliphatic heterocycles. The van der Waals surface area contributed by atoms with E-state index in [9.17, 15) is 0 Å². The largest absolute Gasteiger partial charge is 0.330 e. The van der Waals surface area contributed by atoms with Crippen LogP contribution in [0.2, 0.25) is 0 Å². The van der Waals surface area contributed by atoms with Crippen LogP contribution < -0.4 is 5.73 Å². The lowest BCUT2D eigenvalue weighted by Gasteiger charge is -2.24. The van der Waals surface area contributed by atoms with E-state index in [4.69, 9.17) is 5.73 Å². The van der Waals surface area contributed by atoms with Crippen molar-refractivity contribution in [3.05, 3.63) is 34.8 Å². The average Bonchev–Trinajstić information content (AvgIpc) is 2.54. The lowest BCUT2D eigenvalue weighted by Crippen LogP contribution is -2.11. The second-order valence-corrected chi connectivity index (χ2v) is 7.54. The third-order valence-electron chi connectivity index (χ3n) is 4.41. The summed E-state index contributed by atoms with van der Waals surface area (Å²) in [5.41, 5.74) is 7.25. The Morgan fingerprint density at radius 3 is 2.95 bits per heavy atom. The molecule has 0 bridgehead atoms. The first-order valence-electron chi connectivity index (χ1n) is 9.08. The van der Waals surface area contributed by atoms with Crippen molar-refractivity contribution in [3.8, 4) is 0 Å². The van der Waals surface area contributed by atoms with Gasteiger partial charge in [0.05, 0.1) is 0 Å². The molecule has 0 saturated heterocycles. The molecule has 0 saturated carbocycles. The highest BCUT2D eigenvalue weighted by Crippen LogP contribution is 2.36. The molecular weight excluding hydrogens is 286 g/mol. The van der Waals surface area contributed by atoms with E-state index >= 15 is 0 Å². The summed E-state index contributed by atoms with van der Waals surface area (Å²) in [7, 11) is 0. The van der Waals surface area contributed by atoms with E-state index in [2.05, 4.69) is 56.8 Å². The summed E-state index contributed by atoms with van der Waals surface area (Å²) >= 11 is 2.07. The van der Waals surface area contributed by atoms with Crippen LogP contribution >= 0.6 is 11.8 Å². The van der Waals surface area contributed by atoms with Gasteiger partial charge in [0.2, 0.25) is 0 Å². The van der Waals surface area contributed by atoms with Crippen LogP contribution in [0.15, 0.2) is 34.8 Å². The van der Waals surface area contributed by atoms with Gasteiger partial charge in [-0.15, -0.1) is 11.8 Å². The molecule has 0 aromatic heterocycles. The van der Waals surface area contributed by atoms with Crippen molar-refractivity contribution in [2.45, 2.75) is 65.7 Å².